The lowest BCUT2D eigenvalue weighted by Gasteiger charge is -2.36. The highest BCUT2D eigenvalue weighted by Gasteiger charge is 2.35. The predicted octanol–water partition coefficient (Wildman–Crippen LogP) is 4.11. The number of hydrogen-bond acceptors (Lipinski definition) is 3. The molecule has 1 aliphatic rings. The van der Waals surface area contributed by atoms with E-state index < -0.39 is 6.04 Å². The summed E-state index contributed by atoms with van der Waals surface area (Å²) in [7, 11) is 0. The quantitative estimate of drug-likeness (QED) is 0.649. The highest BCUT2D eigenvalue weighted by atomic mass is 16.2. The number of carbonyl (C=O) groups is 3. The van der Waals surface area contributed by atoms with E-state index in [1.165, 1.54) is 0 Å². The molecule has 0 aliphatic carbocycles. The van der Waals surface area contributed by atoms with Crippen molar-refractivity contribution in [3.8, 4) is 0 Å². The molecule has 182 valence electrons. The molecule has 3 rings (SSSR count). The van der Waals surface area contributed by atoms with E-state index in [1.807, 2.05) is 68.1 Å². The molecule has 1 fully saturated rings. The second-order valence-electron chi connectivity index (χ2n) is 9.81. The van der Waals surface area contributed by atoms with Crippen molar-refractivity contribution in [1.82, 2.24) is 15.5 Å². The number of nitrogens with one attached hydrogen (secondary N) is 2. The third-order valence-corrected chi connectivity index (χ3v) is 6.89. The predicted molar refractivity (Wildman–Crippen MR) is 135 cm³/mol. The van der Waals surface area contributed by atoms with Gasteiger partial charge < -0.3 is 15.5 Å². The molecule has 2 aromatic rings. The number of rotatable bonds is 7. The minimum Gasteiger partial charge on any atom is -0.352 e. The van der Waals surface area contributed by atoms with Crippen LogP contribution in [-0.2, 0) is 4.79 Å². The molecule has 0 radical (unpaired) electrons. The first-order valence-electron chi connectivity index (χ1n) is 12.2. The van der Waals surface area contributed by atoms with Crippen molar-refractivity contribution in [3.05, 3.63) is 70.8 Å². The molecule has 0 bridgehead atoms. The van der Waals surface area contributed by atoms with E-state index in [9.17, 15) is 14.4 Å². The third-order valence-electron chi connectivity index (χ3n) is 6.89. The average Bonchev–Trinajstić information content (AvgIpc) is 2.82. The van der Waals surface area contributed by atoms with Crippen LogP contribution in [0.5, 0.6) is 0 Å². The van der Waals surface area contributed by atoms with Crippen molar-refractivity contribution in [2.24, 2.45) is 11.8 Å². The number of likely N-dealkylation sites (tertiary alicyclic amines) is 1. The van der Waals surface area contributed by atoms with Crippen LogP contribution in [0.1, 0.15) is 65.5 Å². The molecule has 6 heteroatoms. The van der Waals surface area contributed by atoms with Crippen molar-refractivity contribution in [2.45, 2.75) is 59.5 Å². The van der Waals surface area contributed by atoms with Gasteiger partial charge in [0.05, 0.1) is 0 Å². The first-order chi connectivity index (χ1) is 16.2. The summed E-state index contributed by atoms with van der Waals surface area (Å²) in [5.74, 6) is -0.153. The molecule has 1 aliphatic heterocycles. The Kier molecular flexibility index (Phi) is 8.48. The SMILES string of the molecule is Cc1cccc(C(=O)N2CCC(C(NC(=O)c3ccccc3C)C(=O)NC(C)C(C)C)CC2)c1. The van der Waals surface area contributed by atoms with Crippen molar-refractivity contribution in [3.63, 3.8) is 0 Å². The normalized spacial score (nSPS) is 16.1. The van der Waals surface area contributed by atoms with Gasteiger partial charge in [0.25, 0.3) is 11.8 Å². The van der Waals surface area contributed by atoms with E-state index in [0.29, 0.717) is 37.1 Å². The molecule has 2 atom stereocenters. The summed E-state index contributed by atoms with van der Waals surface area (Å²) in [5.41, 5.74) is 3.18. The fourth-order valence-corrected chi connectivity index (χ4v) is 4.32. The molecule has 6 nitrogen and oxygen atoms in total. The zero-order valence-electron chi connectivity index (χ0n) is 20.9. The first kappa shape index (κ1) is 25.5. The largest absolute Gasteiger partial charge is 0.352 e. The van der Waals surface area contributed by atoms with Crippen LogP contribution in [-0.4, -0.2) is 47.8 Å². The summed E-state index contributed by atoms with van der Waals surface area (Å²) in [6.45, 7) is 11.1. The molecule has 3 amide bonds. The summed E-state index contributed by atoms with van der Waals surface area (Å²) in [5, 5.41) is 6.10. The maximum absolute atomic E-state index is 13.3. The van der Waals surface area contributed by atoms with Gasteiger partial charge in [-0.1, -0.05) is 49.7 Å². The summed E-state index contributed by atoms with van der Waals surface area (Å²) >= 11 is 0. The number of amides is 3. The smallest absolute Gasteiger partial charge is 0.253 e. The second-order valence-corrected chi connectivity index (χ2v) is 9.81. The zero-order chi connectivity index (χ0) is 24.8. The lowest BCUT2D eigenvalue weighted by Crippen LogP contribution is -2.55. The van der Waals surface area contributed by atoms with E-state index in [1.54, 1.807) is 6.07 Å². The van der Waals surface area contributed by atoms with Crippen LogP contribution in [0.15, 0.2) is 48.5 Å². The number of nitrogens with zero attached hydrogens (tertiary/aromatic N) is 1. The summed E-state index contributed by atoms with van der Waals surface area (Å²) in [6.07, 6.45) is 1.31. The molecule has 2 unspecified atom stereocenters. The zero-order valence-corrected chi connectivity index (χ0v) is 20.9. The van der Waals surface area contributed by atoms with E-state index >= 15 is 0 Å². The molecule has 1 saturated heterocycles. The van der Waals surface area contributed by atoms with Gasteiger partial charge in [-0.15, -0.1) is 0 Å². The van der Waals surface area contributed by atoms with Crippen molar-refractivity contribution >= 4 is 17.7 Å². The Morgan fingerprint density at radius 1 is 0.912 bits per heavy atom. The molecule has 2 aromatic carbocycles. The Morgan fingerprint density at radius 3 is 2.21 bits per heavy atom. The van der Waals surface area contributed by atoms with Crippen LogP contribution in [0.3, 0.4) is 0 Å². The van der Waals surface area contributed by atoms with Gasteiger partial charge in [-0.05, 0) is 69.2 Å². The summed E-state index contributed by atoms with van der Waals surface area (Å²) in [6, 6.07) is 14.3. The number of piperidine rings is 1. The Labute approximate surface area is 203 Å². The van der Waals surface area contributed by atoms with Crippen molar-refractivity contribution < 1.29 is 14.4 Å². The topological polar surface area (TPSA) is 78.5 Å². The van der Waals surface area contributed by atoms with Gasteiger partial charge in [0.15, 0.2) is 0 Å². The molecular formula is C28H37N3O3. The Balaban J connectivity index is 1.73. The second kappa shape index (κ2) is 11.3. The molecule has 34 heavy (non-hydrogen) atoms. The number of aryl methyl sites for hydroxylation is 2. The molecule has 2 N–H and O–H groups in total. The van der Waals surface area contributed by atoms with Gasteiger partial charge >= 0.3 is 0 Å². The van der Waals surface area contributed by atoms with Gasteiger partial charge in [0, 0.05) is 30.3 Å². The fraction of sp³-hybridized carbons (Fsp3) is 0.464. The highest BCUT2D eigenvalue weighted by Crippen LogP contribution is 2.24. The standard InChI is InChI=1S/C28H37N3O3/c1-18(2)21(5)29-27(33)25(30-26(32)24-12-7-6-10-20(24)4)22-13-15-31(16-14-22)28(34)23-11-8-9-19(3)17-23/h6-12,17-18,21-22,25H,13-16H2,1-5H3,(H,29,33)(H,30,32). The van der Waals surface area contributed by atoms with Crippen LogP contribution < -0.4 is 10.6 Å². The molecule has 0 saturated carbocycles. The van der Waals surface area contributed by atoms with Crippen molar-refractivity contribution in [1.29, 1.82) is 0 Å². The van der Waals surface area contributed by atoms with Crippen LogP contribution in [0, 0.1) is 25.7 Å². The summed E-state index contributed by atoms with van der Waals surface area (Å²) in [4.78, 5) is 41.2. The van der Waals surface area contributed by atoms with E-state index in [0.717, 1.165) is 11.1 Å². The lowest BCUT2D eigenvalue weighted by molar-refractivity contribution is -0.125. The Hall–Kier alpha value is -3.15. The molecule has 1 heterocycles. The van der Waals surface area contributed by atoms with Crippen LogP contribution in [0.4, 0.5) is 0 Å². The minimum absolute atomic E-state index is 0.00616. The van der Waals surface area contributed by atoms with Crippen molar-refractivity contribution in [2.75, 3.05) is 13.1 Å². The van der Waals surface area contributed by atoms with Gasteiger partial charge in [0.2, 0.25) is 5.91 Å². The van der Waals surface area contributed by atoms with Crippen LogP contribution >= 0.6 is 0 Å². The van der Waals surface area contributed by atoms with E-state index in [2.05, 4.69) is 24.5 Å². The van der Waals surface area contributed by atoms with Gasteiger partial charge in [-0.2, -0.15) is 0 Å². The van der Waals surface area contributed by atoms with Gasteiger partial charge in [0.1, 0.15) is 6.04 Å². The van der Waals surface area contributed by atoms with E-state index in [4.69, 9.17) is 0 Å². The maximum Gasteiger partial charge on any atom is 0.253 e. The number of hydrogen-bond donors (Lipinski definition) is 2. The lowest BCUT2D eigenvalue weighted by atomic mass is 9.87. The number of benzene rings is 2. The minimum atomic E-state index is -0.649. The van der Waals surface area contributed by atoms with Crippen LogP contribution in [0.2, 0.25) is 0 Å². The maximum atomic E-state index is 13.3. The first-order valence-corrected chi connectivity index (χ1v) is 12.2. The number of carbonyl (C=O) groups excluding carboxylic acids is 3. The Bertz CT molecular complexity index is 1030. The monoisotopic (exact) mass is 463 g/mol. The average molecular weight is 464 g/mol. The summed E-state index contributed by atoms with van der Waals surface area (Å²) < 4.78 is 0. The fourth-order valence-electron chi connectivity index (χ4n) is 4.32. The van der Waals surface area contributed by atoms with Gasteiger partial charge in [-0.3, -0.25) is 14.4 Å². The van der Waals surface area contributed by atoms with E-state index in [-0.39, 0.29) is 35.6 Å². The third kappa shape index (κ3) is 6.25. The molecule has 0 spiro atoms. The molecule has 0 aromatic heterocycles. The Morgan fingerprint density at radius 2 is 1.59 bits per heavy atom. The highest BCUT2D eigenvalue weighted by molar-refractivity contribution is 5.99. The van der Waals surface area contributed by atoms with Crippen LogP contribution in [0.25, 0.3) is 0 Å². The molecular weight excluding hydrogens is 426 g/mol. The van der Waals surface area contributed by atoms with Gasteiger partial charge in [-0.25, -0.2) is 0 Å².